The fraction of sp³-hybridized carbons (Fsp3) is 0.185. The topological polar surface area (TPSA) is 39.3 Å². The number of anilines is 1. The van der Waals surface area contributed by atoms with E-state index in [-0.39, 0.29) is 0 Å². The number of hydroxylamine groups is 1. The third-order valence-electron chi connectivity index (χ3n) is 5.61. The van der Waals surface area contributed by atoms with Crippen molar-refractivity contribution < 1.29 is 5.21 Å². The minimum atomic E-state index is 0.594. The van der Waals surface area contributed by atoms with E-state index in [2.05, 4.69) is 57.2 Å². The van der Waals surface area contributed by atoms with Crippen molar-refractivity contribution >= 4 is 32.5 Å². The van der Waals surface area contributed by atoms with Crippen molar-refractivity contribution in [2.24, 2.45) is 0 Å². The highest BCUT2D eigenvalue weighted by Gasteiger charge is 2.13. The molecule has 3 nitrogen and oxygen atoms in total. The van der Waals surface area contributed by atoms with Gasteiger partial charge in [-0.3, -0.25) is 10.3 Å². The first-order chi connectivity index (χ1) is 15.2. The molecule has 1 aromatic heterocycles. The molecule has 0 fully saturated rings. The van der Waals surface area contributed by atoms with Gasteiger partial charge in [-0.2, -0.15) is 0 Å². The van der Waals surface area contributed by atoms with Crippen LogP contribution >= 0.6 is 15.9 Å². The van der Waals surface area contributed by atoms with Gasteiger partial charge in [-0.1, -0.05) is 58.2 Å². The molecule has 0 saturated heterocycles. The molecule has 0 aliphatic heterocycles. The smallest absolute Gasteiger partial charge is 0.0634 e. The lowest BCUT2D eigenvalue weighted by Crippen LogP contribution is -2.19. The van der Waals surface area contributed by atoms with Crippen LogP contribution in [0.15, 0.2) is 77.3 Å². The van der Waals surface area contributed by atoms with Crippen molar-refractivity contribution in [1.82, 2.24) is 4.98 Å². The SMILES string of the molecule is C#Cc1ccccc1Cc1c(CCCCN(O)c2ccc(Br)cc2)[nH]c2ccccc12. The summed E-state index contributed by atoms with van der Waals surface area (Å²) >= 11 is 3.42. The van der Waals surface area contributed by atoms with Crippen LogP contribution in [0, 0.1) is 12.3 Å². The molecule has 1 heterocycles. The van der Waals surface area contributed by atoms with E-state index in [0.29, 0.717) is 6.54 Å². The van der Waals surface area contributed by atoms with Gasteiger partial charge in [0.1, 0.15) is 0 Å². The quantitative estimate of drug-likeness (QED) is 0.169. The molecule has 2 N–H and O–H groups in total. The molecule has 3 aromatic carbocycles. The number of nitrogens with one attached hydrogen (secondary N) is 1. The van der Waals surface area contributed by atoms with E-state index in [0.717, 1.165) is 46.9 Å². The number of H-pyrrole nitrogens is 1. The standard InChI is InChI=1S/C27H25BrN2O/c1-2-20-9-3-4-10-21(20)19-25-24-11-5-6-12-26(24)29-27(25)13-7-8-18-30(31)23-16-14-22(28)15-17-23/h1,3-6,9-12,14-17,29,31H,7-8,13,18-19H2. The van der Waals surface area contributed by atoms with E-state index in [1.54, 1.807) is 0 Å². The average Bonchev–Trinajstić information content (AvgIpc) is 3.14. The van der Waals surface area contributed by atoms with Crippen LogP contribution in [-0.2, 0) is 12.8 Å². The second-order valence-electron chi connectivity index (χ2n) is 7.66. The van der Waals surface area contributed by atoms with E-state index in [4.69, 9.17) is 6.42 Å². The van der Waals surface area contributed by atoms with Crippen LogP contribution in [0.1, 0.15) is 35.2 Å². The van der Waals surface area contributed by atoms with Gasteiger partial charge in [-0.15, -0.1) is 6.42 Å². The van der Waals surface area contributed by atoms with Gasteiger partial charge in [0.05, 0.1) is 5.69 Å². The lowest BCUT2D eigenvalue weighted by atomic mass is 9.96. The molecule has 31 heavy (non-hydrogen) atoms. The van der Waals surface area contributed by atoms with E-state index < -0.39 is 0 Å². The maximum absolute atomic E-state index is 10.3. The Morgan fingerprint density at radius 3 is 2.48 bits per heavy atom. The van der Waals surface area contributed by atoms with Crippen molar-refractivity contribution in [3.63, 3.8) is 0 Å². The largest absolute Gasteiger partial charge is 0.358 e. The Morgan fingerprint density at radius 2 is 1.68 bits per heavy atom. The number of rotatable bonds is 8. The van der Waals surface area contributed by atoms with E-state index in [9.17, 15) is 5.21 Å². The molecule has 4 aromatic rings. The van der Waals surface area contributed by atoms with E-state index in [1.807, 2.05) is 42.5 Å². The Balaban J connectivity index is 1.47. The Hall–Kier alpha value is -3.00. The van der Waals surface area contributed by atoms with Crippen molar-refractivity contribution in [1.29, 1.82) is 0 Å². The minimum Gasteiger partial charge on any atom is -0.358 e. The summed E-state index contributed by atoms with van der Waals surface area (Å²) in [5.41, 5.74) is 6.65. The van der Waals surface area contributed by atoms with Gasteiger partial charge in [-0.05, 0) is 66.8 Å². The molecule has 0 radical (unpaired) electrons. The number of para-hydroxylation sites is 1. The first-order valence-corrected chi connectivity index (χ1v) is 11.3. The summed E-state index contributed by atoms with van der Waals surface area (Å²) in [7, 11) is 0. The molecule has 0 aliphatic carbocycles. The van der Waals surface area contributed by atoms with Crippen LogP contribution in [0.2, 0.25) is 0 Å². The Bertz CT molecular complexity index is 1200. The molecular formula is C27H25BrN2O. The van der Waals surface area contributed by atoms with Gasteiger partial charge in [-0.25, -0.2) is 0 Å². The Kier molecular flexibility index (Phi) is 6.76. The number of aromatic amines is 1. The van der Waals surface area contributed by atoms with Crippen LogP contribution < -0.4 is 5.06 Å². The van der Waals surface area contributed by atoms with Gasteiger partial charge in [0.2, 0.25) is 0 Å². The number of fused-ring (bicyclic) bond motifs is 1. The molecule has 156 valence electrons. The Labute approximate surface area is 191 Å². The summed E-state index contributed by atoms with van der Waals surface area (Å²) in [6.07, 6.45) is 9.33. The summed E-state index contributed by atoms with van der Waals surface area (Å²) < 4.78 is 1.00. The number of hydrogen-bond donors (Lipinski definition) is 2. The van der Waals surface area contributed by atoms with Crippen LogP contribution in [0.25, 0.3) is 10.9 Å². The van der Waals surface area contributed by atoms with Gasteiger partial charge in [0, 0.05) is 39.6 Å². The number of aromatic nitrogens is 1. The number of unbranched alkanes of at least 4 members (excludes halogenated alkanes) is 1. The summed E-state index contributed by atoms with van der Waals surface area (Å²) in [6.45, 7) is 0.594. The maximum atomic E-state index is 10.3. The molecule has 0 spiro atoms. The molecular weight excluding hydrogens is 448 g/mol. The normalized spacial score (nSPS) is 10.9. The predicted octanol–water partition coefficient (Wildman–Crippen LogP) is 6.72. The summed E-state index contributed by atoms with van der Waals surface area (Å²) in [5.74, 6) is 2.81. The summed E-state index contributed by atoms with van der Waals surface area (Å²) in [6, 6.07) is 24.3. The second-order valence-corrected chi connectivity index (χ2v) is 8.58. The van der Waals surface area contributed by atoms with Crippen LogP contribution in [0.5, 0.6) is 0 Å². The molecule has 4 rings (SSSR count). The number of terminal acetylenes is 1. The van der Waals surface area contributed by atoms with Crippen LogP contribution in [0.4, 0.5) is 5.69 Å². The molecule has 0 unspecified atom stereocenters. The maximum Gasteiger partial charge on any atom is 0.0634 e. The predicted molar refractivity (Wildman–Crippen MR) is 132 cm³/mol. The molecule has 0 amide bonds. The molecule has 4 heteroatoms. The zero-order chi connectivity index (χ0) is 21.6. The number of hydrogen-bond acceptors (Lipinski definition) is 2. The van der Waals surface area contributed by atoms with Crippen molar-refractivity contribution in [3.8, 4) is 12.3 Å². The van der Waals surface area contributed by atoms with Crippen molar-refractivity contribution in [3.05, 3.63) is 99.7 Å². The lowest BCUT2D eigenvalue weighted by molar-refractivity contribution is 0.251. The Morgan fingerprint density at radius 1 is 0.935 bits per heavy atom. The third kappa shape index (κ3) is 5.02. The average molecular weight is 473 g/mol. The zero-order valence-corrected chi connectivity index (χ0v) is 18.9. The zero-order valence-electron chi connectivity index (χ0n) is 17.3. The van der Waals surface area contributed by atoms with Crippen molar-refractivity contribution in [2.75, 3.05) is 11.6 Å². The van der Waals surface area contributed by atoms with Gasteiger partial charge < -0.3 is 4.98 Å². The highest BCUT2D eigenvalue weighted by molar-refractivity contribution is 9.10. The number of benzene rings is 3. The monoisotopic (exact) mass is 472 g/mol. The number of aryl methyl sites for hydroxylation is 1. The second kappa shape index (κ2) is 9.87. The van der Waals surface area contributed by atoms with Gasteiger partial charge in [0.25, 0.3) is 0 Å². The number of halogens is 1. The minimum absolute atomic E-state index is 0.594. The molecule has 0 bridgehead atoms. The number of nitrogens with zero attached hydrogens (tertiary/aromatic N) is 1. The van der Waals surface area contributed by atoms with Crippen molar-refractivity contribution in [2.45, 2.75) is 25.7 Å². The van der Waals surface area contributed by atoms with E-state index >= 15 is 0 Å². The lowest BCUT2D eigenvalue weighted by Gasteiger charge is -2.17. The summed E-state index contributed by atoms with van der Waals surface area (Å²) in [5, 5.41) is 12.9. The highest BCUT2D eigenvalue weighted by atomic mass is 79.9. The molecule has 0 aliphatic rings. The van der Waals surface area contributed by atoms with Crippen LogP contribution in [0.3, 0.4) is 0 Å². The van der Waals surface area contributed by atoms with Crippen LogP contribution in [-0.4, -0.2) is 16.7 Å². The van der Waals surface area contributed by atoms with Gasteiger partial charge in [0.15, 0.2) is 0 Å². The third-order valence-corrected chi connectivity index (χ3v) is 6.14. The van der Waals surface area contributed by atoms with E-state index in [1.165, 1.54) is 27.3 Å². The highest BCUT2D eigenvalue weighted by Crippen LogP contribution is 2.27. The first kappa shape index (κ1) is 21.2. The fourth-order valence-electron chi connectivity index (χ4n) is 3.98. The fourth-order valence-corrected chi connectivity index (χ4v) is 4.25. The van der Waals surface area contributed by atoms with Gasteiger partial charge >= 0.3 is 0 Å². The summed E-state index contributed by atoms with van der Waals surface area (Å²) in [4.78, 5) is 3.61. The molecule has 0 saturated carbocycles. The first-order valence-electron chi connectivity index (χ1n) is 10.5. The molecule has 0 atom stereocenters.